The molecule has 1 unspecified atom stereocenters. The van der Waals surface area contributed by atoms with Gasteiger partial charge in [0.1, 0.15) is 30.5 Å². The summed E-state index contributed by atoms with van der Waals surface area (Å²) in [4.78, 5) is 0. The Hall–Kier alpha value is -0.320. The summed E-state index contributed by atoms with van der Waals surface area (Å²) in [5.41, 5.74) is 0. The van der Waals surface area contributed by atoms with Crippen LogP contribution in [-0.2, 0) is 4.74 Å². The molecule has 6 atom stereocenters. The van der Waals surface area contributed by atoms with Gasteiger partial charge in [0.25, 0.3) is 0 Å². The van der Waals surface area contributed by atoms with Gasteiger partial charge >= 0.3 is 0 Å². The molecular formula is C8H16O8. The van der Waals surface area contributed by atoms with Gasteiger partial charge in [-0.05, 0) is 0 Å². The molecule has 1 rings (SSSR count). The number of aliphatic hydroxyl groups excluding tert-OH is 6. The lowest BCUT2D eigenvalue weighted by Crippen LogP contribution is -2.68. The number of hydrogen-bond donors (Lipinski definition) is 7. The van der Waals surface area contributed by atoms with Gasteiger partial charge in [-0.1, -0.05) is 0 Å². The van der Waals surface area contributed by atoms with Crippen LogP contribution in [-0.4, -0.2) is 85.3 Å². The molecular weight excluding hydrogens is 224 g/mol. The van der Waals surface area contributed by atoms with E-state index in [0.717, 1.165) is 0 Å². The fraction of sp³-hybridized carbons (Fsp3) is 1.00. The van der Waals surface area contributed by atoms with Crippen molar-refractivity contribution in [2.24, 2.45) is 0 Å². The van der Waals surface area contributed by atoms with Crippen molar-refractivity contribution in [3.05, 3.63) is 0 Å². The van der Waals surface area contributed by atoms with Crippen molar-refractivity contribution in [3.63, 3.8) is 0 Å². The quantitative estimate of drug-likeness (QED) is 0.261. The van der Waals surface area contributed by atoms with E-state index in [1.54, 1.807) is 0 Å². The Labute approximate surface area is 91.0 Å². The molecule has 0 aliphatic carbocycles. The maximum Gasteiger partial charge on any atom is 0.219 e. The van der Waals surface area contributed by atoms with E-state index in [1.807, 2.05) is 0 Å². The molecule has 8 nitrogen and oxygen atoms in total. The van der Waals surface area contributed by atoms with Gasteiger partial charge in [0.15, 0.2) is 0 Å². The van der Waals surface area contributed by atoms with E-state index < -0.39 is 49.5 Å². The Morgan fingerprint density at radius 3 is 2.12 bits per heavy atom. The van der Waals surface area contributed by atoms with Crippen LogP contribution in [0.15, 0.2) is 0 Å². The van der Waals surface area contributed by atoms with Crippen LogP contribution in [0.25, 0.3) is 0 Å². The van der Waals surface area contributed by atoms with Gasteiger partial charge < -0.3 is 40.5 Å². The lowest BCUT2D eigenvalue weighted by Gasteiger charge is -2.45. The monoisotopic (exact) mass is 240 g/mol. The Morgan fingerprint density at radius 2 is 1.69 bits per heavy atom. The van der Waals surface area contributed by atoms with Crippen molar-refractivity contribution in [1.29, 1.82) is 0 Å². The molecule has 0 saturated carbocycles. The average Bonchev–Trinajstić information content (AvgIpc) is 2.30. The molecule has 0 aromatic carbocycles. The molecule has 16 heavy (non-hydrogen) atoms. The van der Waals surface area contributed by atoms with Gasteiger partial charge in [-0.15, -0.1) is 0 Å². The van der Waals surface area contributed by atoms with Gasteiger partial charge in [0.2, 0.25) is 5.79 Å². The van der Waals surface area contributed by atoms with Crippen molar-refractivity contribution in [1.82, 2.24) is 0 Å². The molecule has 0 radical (unpaired) electrons. The second-order valence-electron chi connectivity index (χ2n) is 3.76. The van der Waals surface area contributed by atoms with E-state index in [9.17, 15) is 25.5 Å². The molecule has 1 fully saturated rings. The van der Waals surface area contributed by atoms with Gasteiger partial charge in [0, 0.05) is 0 Å². The van der Waals surface area contributed by atoms with Crippen LogP contribution in [0, 0.1) is 0 Å². The summed E-state index contributed by atoms with van der Waals surface area (Å²) >= 11 is 0. The number of rotatable bonds is 3. The van der Waals surface area contributed by atoms with Gasteiger partial charge in [-0.3, -0.25) is 0 Å². The average molecular weight is 240 g/mol. The highest BCUT2D eigenvalue weighted by molar-refractivity contribution is 4.97. The molecule has 0 bridgehead atoms. The Bertz CT molecular complexity index is 234. The van der Waals surface area contributed by atoms with Crippen molar-refractivity contribution in [2.45, 2.75) is 36.3 Å². The normalized spacial score (nSPS) is 46.7. The summed E-state index contributed by atoms with van der Waals surface area (Å²) in [5, 5.41) is 64.5. The lowest BCUT2D eigenvalue weighted by atomic mass is 9.90. The summed E-state index contributed by atoms with van der Waals surface area (Å²) in [7, 11) is 0. The maximum absolute atomic E-state index is 9.57. The predicted octanol–water partition coefficient (Wildman–Crippen LogP) is -4.50. The topological polar surface area (TPSA) is 151 Å². The minimum atomic E-state index is -2.49. The van der Waals surface area contributed by atoms with Gasteiger partial charge in [-0.2, -0.15) is 0 Å². The summed E-state index contributed by atoms with van der Waals surface area (Å²) in [6.45, 7) is -1.81. The van der Waals surface area contributed by atoms with Crippen LogP contribution in [0.1, 0.15) is 0 Å². The minimum absolute atomic E-state index is 0.772. The fourth-order valence-electron chi connectivity index (χ4n) is 1.56. The lowest BCUT2D eigenvalue weighted by molar-refractivity contribution is -0.365. The zero-order valence-corrected chi connectivity index (χ0v) is 8.34. The maximum atomic E-state index is 9.57. The van der Waals surface area contributed by atoms with Crippen LogP contribution in [0.3, 0.4) is 0 Å². The van der Waals surface area contributed by atoms with E-state index >= 15 is 0 Å². The Morgan fingerprint density at radius 1 is 1.12 bits per heavy atom. The van der Waals surface area contributed by atoms with Crippen molar-refractivity contribution in [2.75, 3.05) is 13.2 Å². The van der Waals surface area contributed by atoms with Crippen LogP contribution in [0.5, 0.6) is 0 Å². The zero-order valence-electron chi connectivity index (χ0n) is 8.34. The van der Waals surface area contributed by atoms with E-state index in [0.29, 0.717) is 0 Å². The molecule has 7 N–H and O–H groups in total. The molecule has 0 aromatic heterocycles. The van der Waals surface area contributed by atoms with Gasteiger partial charge in [-0.25, -0.2) is 0 Å². The van der Waals surface area contributed by atoms with E-state index in [-0.39, 0.29) is 0 Å². The molecule has 1 aliphatic rings. The SMILES string of the molecule is OC[C@@H](O)[C@H]1OC(O)(CO)[C@@H](O)[C@@H](O)[C@@H]1O. The molecule has 96 valence electrons. The Kier molecular flexibility index (Phi) is 4.21. The molecule has 1 aliphatic heterocycles. The molecule has 8 heteroatoms. The van der Waals surface area contributed by atoms with Crippen LogP contribution >= 0.6 is 0 Å². The van der Waals surface area contributed by atoms with Crippen LogP contribution in [0.2, 0.25) is 0 Å². The highest BCUT2D eigenvalue weighted by Gasteiger charge is 2.54. The third-order valence-corrected chi connectivity index (χ3v) is 2.61. The summed E-state index contributed by atoms with van der Waals surface area (Å²) < 4.78 is 4.71. The zero-order chi connectivity index (χ0) is 12.5. The number of aliphatic hydroxyl groups is 7. The highest BCUT2D eigenvalue weighted by atomic mass is 16.7. The largest absolute Gasteiger partial charge is 0.394 e. The molecule has 1 saturated heterocycles. The first-order valence-corrected chi connectivity index (χ1v) is 4.71. The van der Waals surface area contributed by atoms with E-state index in [2.05, 4.69) is 0 Å². The molecule has 0 aromatic rings. The predicted molar refractivity (Wildman–Crippen MR) is 48.0 cm³/mol. The summed E-state index contributed by atoms with van der Waals surface area (Å²) in [5.74, 6) is -2.49. The highest BCUT2D eigenvalue weighted by Crippen LogP contribution is 2.29. The van der Waals surface area contributed by atoms with Gasteiger partial charge in [0.05, 0.1) is 13.2 Å². The second-order valence-corrected chi connectivity index (χ2v) is 3.76. The van der Waals surface area contributed by atoms with E-state index in [4.69, 9.17) is 14.9 Å². The number of ether oxygens (including phenoxy) is 1. The summed E-state index contributed by atoms with van der Waals surface area (Å²) in [6, 6.07) is 0. The first-order chi connectivity index (χ1) is 7.37. The van der Waals surface area contributed by atoms with E-state index in [1.165, 1.54) is 0 Å². The van der Waals surface area contributed by atoms with Crippen molar-refractivity contribution < 1.29 is 40.5 Å². The fourth-order valence-corrected chi connectivity index (χ4v) is 1.56. The third-order valence-electron chi connectivity index (χ3n) is 2.61. The Balaban J connectivity index is 2.90. The molecule has 0 amide bonds. The van der Waals surface area contributed by atoms with Crippen molar-refractivity contribution in [3.8, 4) is 0 Å². The third kappa shape index (κ3) is 2.19. The molecule has 1 heterocycles. The van der Waals surface area contributed by atoms with Crippen LogP contribution < -0.4 is 0 Å². The first-order valence-electron chi connectivity index (χ1n) is 4.71. The standard InChI is InChI=1S/C8H16O8/c9-1-3(11)6-4(12)5(13)7(14)8(15,2-10)16-6/h3-7,9-15H,1-2H2/t3-,4+,5+,6-,7+,8?/m1/s1. The molecule has 0 spiro atoms. The number of hydrogen-bond acceptors (Lipinski definition) is 8. The minimum Gasteiger partial charge on any atom is -0.394 e. The first kappa shape index (κ1) is 13.7. The smallest absolute Gasteiger partial charge is 0.219 e. The summed E-state index contributed by atoms with van der Waals surface area (Å²) in [6.07, 6.45) is -8.49. The van der Waals surface area contributed by atoms with Crippen molar-refractivity contribution >= 4 is 0 Å². The second kappa shape index (κ2) is 4.90. The van der Waals surface area contributed by atoms with Crippen LogP contribution in [0.4, 0.5) is 0 Å².